The maximum atomic E-state index is 13.4. The molecule has 0 aromatic heterocycles. The Balaban J connectivity index is 2.19. The SMILES string of the molecule is CCN(CC)S(=O)(=O)N1CCc2cc(OC)c(OC)cc2[C@H]1c1ccccc1. The maximum Gasteiger partial charge on any atom is 0.282 e. The van der Waals surface area contributed by atoms with Gasteiger partial charge < -0.3 is 9.47 Å². The van der Waals surface area contributed by atoms with Gasteiger partial charge in [0.25, 0.3) is 10.2 Å². The van der Waals surface area contributed by atoms with Crippen LogP contribution in [0, 0.1) is 0 Å². The molecule has 0 unspecified atom stereocenters. The van der Waals surface area contributed by atoms with Gasteiger partial charge in [0.15, 0.2) is 11.5 Å². The Morgan fingerprint density at radius 2 is 1.64 bits per heavy atom. The van der Waals surface area contributed by atoms with Gasteiger partial charge in [0, 0.05) is 19.6 Å². The van der Waals surface area contributed by atoms with Crippen molar-refractivity contribution in [2.75, 3.05) is 33.9 Å². The Hall–Kier alpha value is -2.09. The molecule has 152 valence electrons. The van der Waals surface area contributed by atoms with Crippen LogP contribution in [0.5, 0.6) is 11.5 Å². The Morgan fingerprint density at radius 3 is 2.21 bits per heavy atom. The zero-order valence-corrected chi connectivity index (χ0v) is 17.7. The average Bonchev–Trinajstić information content (AvgIpc) is 2.73. The summed E-state index contributed by atoms with van der Waals surface area (Å²) in [5.74, 6) is 1.26. The standard InChI is InChI=1S/C21H28N2O4S/c1-5-22(6-2)28(24,25)23-13-12-17-14-19(26-3)20(27-4)15-18(17)21(23)16-10-8-7-9-11-16/h7-11,14-15,21H,5-6,12-13H2,1-4H3/t21-/m1/s1. The first-order chi connectivity index (χ1) is 13.5. The van der Waals surface area contributed by atoms with E-state index in [9.17, 15) is 8.42 Å². The summed E-state index contributed by atoms with van der Waals surface area (Å²) in [6.07, 6.45) is 0.625. The number of hydrogen-bond acceptors (Lipinski definition) is 4. The van der Waals surface area contributed by atoms with Gasteiger partial charge in [-0.3, -0.25) is 0 Å². The van der Waals surface area contributed by atoms with Crippen LogP contribution in [0.4, 0.5) is 0 Å². The molecule has 0 bridgehead atoms. The smallest absolute Gasteiger partial charge is 0.282 e. The normalized spacial score (nSPS) is 17.4. The van der Waals surface area contributed by atoms with Gasteiger partial charge in [-0.15, -0.1) is 0 Å². The predicted molar refractivity (Wildman–Crippen MR) is 110 cm³/mol. The highest BCUT2D eigenvalue weighted by Gasteiger charge is 2.39. The van der Waals surface area contributed by atoms with E-state index in [1.54, 1.807) is 18.5 Å². The number of methoxy groups -OCH3 is 2. The fourth-order valence-corrected chi connectivity index (χ4v) is 5.62. The number of rotatable bonds is 7. The molecule has 2 aromatic rings. The molecule has 7 heteroatoms. The van der Waals surface area contributed by atoms with E-state index in [0.717, 1.165) is 16.7 Å². The molecular formula is C21H28N2O4S. The highest BCUT2D eigenvalue weighted by Crippen LogP contribution is 2.42. The van der Waals surface area contributed by atoms with Crippen LogP contribution < -0.4 is 9.47 Å². The first kappa shape index (κ1) is 20.6. The minimum Gasteiger partial charge on any atom is -0.493 e. The molecule has 1 atom stereocenters. The lowest BCUT2D eigenvalue weighted by Gasteiger charge is -2.39. The Morgan fingerprint density at radius 1 is 1.04 bits per heavy atom. The van der Waals surface area contributed by atoms with E-state index < -0.39 is 16.3 Å². The second kappa shape index (κ2) is 8.51. The molecule has 3 rings (SSSR count). The predicted octanol–water partition coefficient (Wildman–Crippen LogP) is 3.24. The Labute approximate surface area is 167 Å². The van der Waals surface area contributed by atoms with Crippen LogP contribution in [0.3, 0.4) is 0 Å². The van der Waals surface area contributed by atoms with Gasteiger partial charge in [0.2, 0.25) is 0 Å². The molecule has 0 aliphatic carbocycles. The van der Waals surface area contributed by atoms with E-state index in [4.69, 9.17) is 9.47 Å². The number of hydrogen-bond donors (Lipinski definition) is 0. The molecule has 0 saturated carbocycles. The summed E-state index contributed by atoms with van der Waals surface area (Å²) in [4.78, 5) is 0. The quantitative estimate of drug-likeness (QED) is 0.711. The van der Waals surface area contributed by atoms with E-state index in [0.29, 0.717) is 37.6 Å². The number of ether oxygens (including phenoxy) is 2. The van der Waals surface area contributed by atoms with Crippen LogP contribution in [0.25, 0.3) is 0 Å². The van der Waals surface area contributed by atoms with Crippen LogP contribution in [0.2, 0.25) is 0 Å². The van der Waals surface area contributed by atoms with Crippen LogP contribution in [-0.2, 0) is 16.6 Å². The van der Waals surface area contributed by atoms with Gasteiger partial charge in [0.1, 0.15) is 0 Å². The molecule has 0 N–H and O–H groups in total. The summed E-state index contributed by atoms with van der Waals surface area (Å²) >= 11 is 0. The number of benzene rings is 2. The Kier molecular flexibility index (Phi) is 6.27. The molecule has 0 spiro atoms. The largest absolute Gasteiger partial charge is 0.493 e. The molecule has 1 heterocycles. The van der Waals surface area contributed by atoms with Crippen molar-refractivity contribution in [2.45, 2.75) is 26.3 Å². The van der Waals surface area contributed by atoms with Gasteiger partial charge in [-0.05, 0) is 35.2 Å². The van der Waals surface area contributed by atoms with Crippen molar-refractivity contribution in [2.24, 2.45) is 0 Å². The third-order valence-electron chi connectivity index (χ3n) is 5.27. The van der Waals surface area contributed by atoms with E-state index in [2.05, 4.69) is 0 Å². The summed E-state index contributed by atoms with van der Waals surface area (Å²) in [6.45, 7) is 5.03. The summed E-state index contributed by atoms with van der Waals surface area (Å²) in [7, 11) is -0.403. The maximum absolute atomic E-state index is 13.4. The first-order valence-corrected chi connectivity index (χ1v) is 10.9. The first-order valence-electron chi connectivity index (χ1n) is 9.54. The average molecular weight is 405 g/mol. The zero-order chi connectivity index (χ0) is 20.3. The van der Waals surface area contributed by atoms with Crippen molar-refractivity contribution in [3.8, 4) is 11.5 Å². The highest BCUT2D eigenvalue weighted by molar-refractivity contribution is 7.86. The van der Waals surface area contributed by atoms with Crippen LogP contribution in [0.15, 0.2) is 42.5 Å². The molecule has 1 aliphatic heterocycles. The minimum atomic E-state index is -3.60. The highest BCUT2D eigenvalue weighted by atomic mass is 32.2. The van der Waals surface area contributed by atoms with Gasteiger partial charge in [-0.1, -0.05) is 44.2 Å². The van der Waals surface area contributed by atoms with Crippen molar-refractivity contribution in [3.05, 3.63) is 59.2 Å². The van der Waals surface area contributed by atoms with Crippen molar-refractivity contribution in [1.82, 2.24) is 8.61 Å². The van der Waals surface area contributed by atoms with Crippen molar-refractivity contribution in [1.29, 1.82) is 0 Å². The molecule has 28 heavy (non-hydrogen) atoms. The lowest BCUT2D eigenvalue weighted by atomic mass is 9.89. The molecular weight excluding hydrogens is 376 g/mol. The summed E-state index contributed by atoms with van der Waals surface area (Å²) < 4.78 is 40.9. The van der Waals surface area contributed by atoms with E-state index >= 15 is 0 Å². The van der Waals surface area contributed by atoms with Gasteiger partial charge >= 0.3 is 0 Å². The van der Waals surface area contributed by atoms with E-state index in [1.165, 1.54) is 4.31 Å². The molecule has 6 nitrogen and oxygen atoms in total. The third kappa shape index (κ3) is 3.62. The lowest BCUT2D eigenvalue weighted by molar-refractivity contribution is 0.300. The number of nitrogens with zero attached hydrogens (tertiary/aromatic N) is 2. The van der Waals surface area contributed by atoms with Crippen molar-refractivity contribution in [3.63, 3.8) is 0 Å². The topological polar surface area (TPSA) is 59.1 Å². The number of fused-ring (bicyclic) bond motifs is 1. The molecule has 0 saturated heterocycles. The van der Waals surface area contributed by atoms with Crippen LogP contribution in [0.1, 0.15) is 36.6 Å². The van der Waals surface area contributed by atoms with Crippen molar-refractivity contribution < 1.29 is 17.9 Å². The fraction of sp³-hybridized carbons (Fsp3) is 0.429. The lowest BCUT2D eigenvalue weighted by Crippen LogP contribution is -2.48. The van der Waals surface area contributed by atoms with Crippen molar-refractivity contribution >= 4 is 10.2 Å². The van der Waals surface area contributed by atoms with E-state index in [-0.39, 0.29) is 0 Å². The summed E-state index contributed by atoms with van der Waals surface area (Å²) in [5, 5.41) is 0. The minimum absolute atomic E-state index is 0.407. The summed E-state index contributed by atoms with van der Waals surface area (Å²) in [6, 6.07) is 13.2. The summed E-state index contributed by atoms with van der Waals surface area (Å²) in [5.41, 5.74) is 2.95. The molecule has 0 fully saturated rings. The van der Waals surface area contributed by atoms with Crippen LogP contribution in [-0.4, -0.2) is 50.9 Å². The van der Waals surface area contributed by atoms with Crippen LogP contribution >= 0.6 is 0 Å². The molecule has 2 aromatic carbocycles. The zero-order valence-electron chi connectivity index (χ0n) is 16.9. The second-order valence-corrected chi connectivity index (χ2v) is 8.55. The molecule has 1 aliphatic rings. The Bertz CT molecular complexity index is 912. The second-order valence-electron chi connectivity index (χ2n) is 6.67. The van der Waals surface area contributed by atoms with Gasteiger partial charge in [-0.25, -0.2) is 0 Å². The third-order valence-corrected chi connectivity index (χ3v) is 7.43. The van der Waals surface area contributed by atoms with Gasteiger partial charge in [0.05, 0.1) is 20.3 Å². The fourth-order valence-electron chi connectivity index (χ4n) is 3.85. The molecule has 0 radical (unpaired) electrons. The van der Waals surface area contributed by atoms with E-state index in [1.807, 2.05) is 56.3 Å². The monoisotopic (exact) mass is 404 g/mol. The van der Waals surface area contributed by atoms with Gasteiger partial charge in [-0.2, -0.15) is 17.0 Å². The molecule has 0 amide bonds.